The van der Waals surface area contributed by atoms with Crippen LogP contribution in [0.5, 0.6) is 17.2 Å². The summed E-state index contributed by atoms with van der Waals surface area (Å²) >= 11 is 0. The van der Waals surface area contributed by atoms with Crippen molar-refractivity contribution < 1.29 is 34.4 Å². The second-order valence-electron chi connectivity index (χ2n) is 6.71. The van der Waals surface area contributed by atoms with Gasteiger partial charge >= 0.3 is 0 Å². The van der Waals surface area contributed by atoms with Gasteiger partial charge in [-0.25, -0.2) is 0 Å². The van der Waals surface area contributed by atoms with Crippen LogP contribution in [0.25, 0.3) is 0 Å². The molecule has 0 spiro atoms. The summed E-state index contributed by atoms with van der Waals surface area (Å²) in [5.41, 5.74) is -1.39. The van der Waals surface area contributed by atoms with Gasteiger partial charge in [-0.1, -0.05) is 0 Å². The zero-order valence-electron chi connectivity index (χ0n) is 14.2. The lowest BCUT2D eigenvalue weighted by Crippen LogP contribution is -2.50. The Labute approximate surface area is 143 Å². The van der Waals surface area contributed by atoms with Gasteiger partial charge < -0.3 is 20.1 Å². The quantitative estimate of drug-likeness (QED) is 0.545. The minimum absolute atomic E-state index is 0.0281. The fourth-order valence-electron chi connectivity index (χ4n) is 3.68. The number of phenolic OH excluding ortho intramolecular Hbond substituents is 2. The molecule has 1 aromatic carbocycles. The molecule has 0 fully saturated rings. The summed E-state index contributed by atoms with van der Waals surface area (Å²) in [5, 5.41) is 31.6. The first-order chi connectivity index (χ1) is 11.5. The van der Waals surface area contributed by atoms with Crippen molar-refractivity contribution in [3.05, 3.63) is 28.5 Å². The number of ether oxygens (including phenoxy) is 1. The molecule has 7 heteroatoms. The lowest BCUT2D eigenvalue weighted by molar-refractivity contribution is -0.136. The lowest BCUT2D eigenvalue weighted by atomic mass is 9.66. The van der Waals surface area contributed by atoms with E-state index in [1.807, 2.05) is 0 Å². The Kier molecular flexibility index (Phi) is 3.54. The average Bonchev–Trinajstić information content (AvgIpc) is 2.78. The molecule has 0 bridgehead atoms. The maximum Gasteiger partial charge on any atom is 0.172 e. The van der Waals surface area contributed by atoms with Crippen LogP contribution in [0.2, 0.25) is 0 Å². The van der Waals surface area contributed by atoms with Crippen LogP contribution in [-0.4, -0.2) is 38.8 Å². The first-order valence-corrected chi connectivity index (χ1v) is 7.75. The zero-order chi connectivity index (χ0) is 18.8. The molecule has 0 amide bonds. The summed E-state index contributed by atoms with van der Waals surface area (Å²) in [6.07, 6.45) is -0.373. The molecule has 3 unspecified atom stereocenters. The van der Waals surface area contributed by atoms with E-state index in [0.717, 1.165) is 6.08 Å². The van der Waals surface area contributed by atoms with Gasteiger partial charge in [-0.3, -0.25) is 14.4 Å². The summed E-state index contributed by atoms with van der Waals surface area (Å²) in [6, 6.07) is 0. The second-order valence-corrected chi connectivity index (χ2v) is 6.71. The molecule has 1 aliphatic carbocycles. The molecule has 7 nitrogen and oxygen atoms in total. The smallest absolute Gasteiger partial charge is 0.172 e. The number of ketones is 3. The van der Waals surface area contributed by atoms with E-state index in [0.29, 0.717) is 0 Å². The molecule has 0 saturated carbocycles. The van der Waals surface area contributed by atoms with Gasteiger partial charge in [0.15, 0.2) is 11.6 Å². The number of hydrogen-bond donors (Lipinski definition) is 3. The van der Waals surface area contributed by atoms with E-state index in [1.165, 1.54) is 27.7 Å². The molecule has 25 heavy (non-hydrogen) atoms. The topological polar surface area (TPSA) is 121 Å². The number of aliphatic hydroxyl groups excluding tert-OH is 1. The Bertz CT molecular complexity index is 880. The van der Waals surface area contributed by atoms with Crippen molar-refractivity contribution in [3.8, 4) is 17.2 Å². The SMILES string of the molecule is CC(=O)c1c(O)c(C)c(O)c2c1OC1=CC(=O)C(C(C)=O)C(O)C12C. The summed E-state index contributed by atoms with van der Waals surface area (Å²) in [6.45, 7) is 5.38. The van der Waals surface area contributed by atoms with Crippen LogP contribution in [0.1, 0.15) is 42.3 Å². The van der Waals surface area contributed by atoms with Crippen molar-refractivity contribution >= 4 is 17.3 Å². The number of aromatic hydroxyl groups is 2. The van der Waals surface area contributed by atoms with E-state index in [2.05, 4.69) is 0 Å². The number of allylic oxidation sites excluding steroid dienone is 1. The van der Waals surface area contributed by atoms with E-state index in [1.54, 1.807) is 0 Å². The largest absolute Gasteiger partial charge is 0.507 e. The van der Waals surface area contributed by atoms with Crippen LogP contribution in [0.3, 0.4) is 0 Å². The van der Waals surface area contributed by atoms with Crippen molar-refractivity contribution in [1.82, 2.24) is 0 Å². The second kappa shape index (κ2) is 5.16. The third kappa shape index (κ3) is 1.99. The van der Waals surface area contributed by atoms with Crippen molar-refractivity contribution in [3.63, 3.8) is 0 Å². The highest BCUT2D eigenvalue weighted by atomic mass is 16.5. The highest BCUT2D eigenvalue weighted by Crippen LogP contribution is 2.58. The number of carbonyl (C=O) groups excluding carboxylic acids is 3. The fourth-order valence-corrected chi connectivity index (χ4v) is 3.68. The predicted octanol–water partition coefficient (Wildman–Crippen LogP) is 1.29. The van der Waals surface area contributed by atoms with Gasteiger partial charge in [0, 0.05) is 11.6 Å². The van der Waals surface area contributed by atoms with Gasteiger partial charge in [-0.05, 0) is 27.7 Å². The van der Waals surface area contributed by atoms with E-state index in [9.17, 15) is 29.7 Å². The van der Waals surface area contributed by atoms with Crippen LogP contribution in [0.4, 0.5) is 0 Å². The van der Waals surface area contributed by atoms with Gasteiger partial charge in [-0.2, -0.15) is 0 Å². The summed E-state index contributed by atoms with van der Waals surface area (Å²) in [4.78, 5) is 36.0. The number of carbonyl (C=O) groups is 3. The van der Waals surface area contributed by atoms with Gasteiger partial charge in [0.1, 0.15) is 40.3 Å². The third-order valence-corrected chi connectivity index (χ3v) is 5.16. The van der Waals surface area contributed by atoms with Crippen molar-refractivity contribution in [1.29, 1.82) is 0 Å². The van der Waals surface area contributed by atoms with Crippen molar-refractivity contribution in [2.75, 3.05) is 0 Å². The fraction of sp³-hybridized carbons (Fsp3) is 0.389. The molecule has 132 valence electrons. The van der Waals surface area contributed by atoms with E-state index in [-0.39, 0.29) is 33.9 Å². The molecule has 0 aromatic heterocycles. The summed E-state index contributed by atoms with van der Waals surface area (Å²) in [5.74, 6) is -3.75. The van der Waals surface area contributed by atoms with Crippen LogP contribution in [0, 0.1) is 12.8 Å². The van der Waals surface area contributed by atoms with Gasteiger partial charge in [0.2, 0.25) is 0 Å². The Morgan fingerprint density at radius 1 is 1.20 bits per heavy atom. The minimum atomic E-state index is -1.48. The van der Waals surface area contributed by atoms with E-state index >= 15 is 0 Å². The maximum atomic E-state index is 12.2. The molecule has 1 aromatic rings. The number of aliphatic hydroxyl groups is 1. The molecule has 3 atom stereocenters. The molecule has 1 heterocycles. The maximum absolute atomic E-state index is 12.2. The van der Waals surface area contributed by atoms with Crippen LogP contribution in [0.15, 0.2) is 11.8 Å². The molecular weight excluding hydrogens is 328 g/mol. The first-order valence-electron chi connectivity index (χ1n) is 7.75. The molecule has 0 radical (unpaired) electrons. The summed E-state index contributed by atoms with van der Waals surface area (Å²) in [7, 11) is 0. The van der Waals surface area contributed by atoms with Crippen molar-refractivity contribution in [2.24, 2.45) is 5.92 Å². The van der Waals surface area contributed by atoms with Gasteiger partial charge in [0.05, 0.1) is 17.1 Å². The molecule has 3 N–H and O–H groups in total. The average molecular weight is 346 g/mol. The van der Waals surface area contributed by atoms with Crippen LogP contribution >= 0.6 is 0 Å². The summed E-state index contributed by atoms with van der Waals surface area (Å²) < 4.78 is 5.62. The normalized spacial score (nSPS) is 27.2. The Morgan fingerprint density at radius 3 is 2.32 bits per heavy atom. The van der Waals surface area contributed by atoms with Gasteiger partial charge in [0.25, 0.3) is 0 Å². The predicted molar refractivity (Wildman–Crippen MR) is 85.8 cm³/mol. The highest BCUT2D eigenvalue weighted by Gasteiger charge is 2.58. The number of rotatable bonds is 2. The Hall–Kier alpha value is -2.67. The Balaban J connectivity index is 2.39. The zero-order valence-corrected chi connectivity index (χ0v) is 14.2. The van der Waals surface area contributed by atoms with E-state index < -0.39 is 40.5 Å². The number of fused-ring (bicyclic) bond motifs is 3. The molecule has 2 aliphatic rings. The number of Topliss-reactive ketones (excluding diaryl/α,β-unsaturated/α-hetero) is 2. The van der Waals surface area contributed by atoms with Crippen LogP contribution in [-0.2, 0) is 15.0 Å². The van der Waals surface area contributed by atoms with Crippen molar-refractivity contribution in [2.45, 2.75) is 39.2 Å². The number of benzene rings is 1. The monoisotopic (exact) mass is 346 g/mol. The molecule has 1 aliphatic heterocycles. The Morgan fingerprint density at radius 2 is 1.80 bits per heavy atom. The van der Waals surface area contributed by atoms with E-state index in [4.69, 9.17) is 4.74 Å². The molecular formula is C18H18O7. The number of hydrogen-bond acceptors (Lipinski definition) is 7. The molecule has 3 rings (SSSR count). The van der Waals surface area contributed by atoms with Gasteiger partial charge in [-0.15, -0.1) is 0 Å². The third-order valence-electron chi connectivity index (χ3n) is 5.16. The standard InChI is InChI=1S/C18H18O7/c1-6-14(22)12(8(3)20)16-13(15(6)23)18(4)10(25-16)5-9(21)11(7(2)19)17(18)24/h5,11,17,22-24H,1-4H3. The highest BCUT2D eigenvalue weighted by molar-refractivity contribution is 6.09. The lowest BCUT2D eigenvalue weighted by Gasteiger charge is -2.37. The number of phenols is 2. The molecule has 0 saturated heterocycles. The first kappa shape index (κ1) is 17.2. The van der Waals surface area contributed by atoms with Crippen LogP contribution < -0.4 is 4.74 Å². The minimum Gasteiger partial charge on any atom is -0.507 e.